The summed E-state index contributed by atoms with van der Waals surface area (Å²) in [6.45, 7) is 0. The van der Waals surface area contributed by atoms with E-state index >= 15 is 0 Å². The number of carbonyl (C=O) groups is 1. The number of ether oxygens (including phenoxy) is 1. The van der Waals surface area contributed by atoms with E-state index in [0.717, 1.165) is 10.2 Å². The van der Waals surface area contributed by atoms with Crippen molar-refractivity contribution in [2.24, 2.45) is 11.6 Å². The lowest BCUT2D eigenvalue weighted by molar-refractivity contribution is -0.133. The van der Waals surface area contributed by atoms with Gasteiger partial charge in [0.15, 0.2) is 5.70 Å². The van der Waals surface area contributed by atoms with Gasteiger partial charge < -0.3 is 21.0 Å². The van der Waals surface area contributed by atoms with Crippen LogP contribution in [0.2, 0.25) is 0 Å². The van der Waals surface area contributed by atoms with Crippen molar-refractivity contribution in [2.45, 2.75) is 0 Å². The van der Waals surface area contributed by atoms with Crippen LogP contribution in [0, 0.1) is 0 Å². The van der Waals surface area contributed by atoms with E-state index in [0.29, 0.717) is 5.75 Å². The third-order valence-electron chi connectivity index (χ3n) is 2.14. The van der Waals surface area contributed by atoms with Gasteiger partial charge in [0.1, 0.15) is 5.75 Å². The average Bonchev–Trinajstić information content (AvgIpc) is 2.76. The van der Waals surface area contributed by atoms with Crippen LogP contribution in [0.15, 0.2) is 35.3 Å². The maximum atomic E-state index is 10.8. The van der Waals surface area contributed by atoms with Gasteiger partial charge in [-0.15, -0.1) is 11.3 Å². The first kappa shape index (κ1) is 12.1. The maximum Gasteiger partial charge on any atom is 0.358 e. The van der Waals surface area contributed by atoms with Gasteiger partial charge in [-0.3, -0.25) is 5.84 Å². The summed E-state index contributed by atoms with van der Waals surface area (Å²) in [6.07, 6.45) is 0. The number of fused-ring (bicyclic) bond motifs is 1. The van der Waals surface area contributed by atoms with Crippen LogP contribution < -0.4 is 21.7 Å². The van der Waals surface area contributed by atoms with Crippen LogP contribution in [-0.4, -0.2) is 16.1 Å². The number of thiazole rings is 1. The molecule has 0 aliphatic carbocycles. The van der Waals surface area contributed by atoms with Gasteiger partial charge in [0.25, 0.3) is 0 Å². The second-order valence-electron chi connectivity index (χ2n) is 3.27. The Morgan fingerprint density at radius 3 is 2.94 bits per heavy atom. The second-order valence-corrected chi connectivity index (χ2v) is 4.16. The second kappa shape index (κ2) is 4.90. The van der Waals surface area contributed by atoms with Crippen LogP contribution in [0.1, 0.15) is 0 Å². The molecule has 6 N–H and O–H groups in total. The van der Waals surface area contributed by atoms with Crippen LogP contribution in [0.3, 0.4) is 0 Å². The number of rotatable bonds is 4. The molecular weight excluding hydrogens is 256 g/mol. The van der Waals surface area contributed by atoms with E-state index in [1.165, 1.54) is 11.3 Å². The molecular formula is C10H10N4O3S. The van der Waals surface area contributed by atoms with Crippen LogP contribution >= 0.6 is 11.3 Å². The first-order chi connectivity index (χ1) is 8.61. The number of nitrogens with one attached hydrogen (secondary N) is 1. The minimum Gasteiger partial charge on any atom is -0.476 e. The monoisotopic (exact) mass is 266 g/mol. The highest BCUT2D eigenvalue weighted by molar-refractivity contribution is 7.16. The molecule has 2 aromatic rings. The zero-order chi connectivity index (χ0) is 13.1. The SMILES string of the molecule is NN/C(C(=O)O)=C(\N)Oc1ccc2ncsc2c1. The van der Waals surface area contributed by atoms with E-state index in [1.54, 1.807) is 23.7 Å². The van der Waals surface area contributed by atoms with Crippen molar-refractivity contribution < 1.29 is 14.6 Å². The van der Waals surface area contributed by atoms with Gasteiger partial charge in [-0.2, -0.15) is 0 Å². The van der Waals surface area contributed by atoms with Crippen LogP contribution in [0.4, 0.5) is 0 Å². The standard InChI is InChI=1S/C10H10N4O3S/c11-9(8(14-12)10(15)16)17-5-1-2-6-7(3-5)18-4-13-6/h1-4,14H,11-12H2,(H,15,16)/b9-8+. The van der Waals surface area contributed by atoms with Gasteiger partial charge in [-0.05, 0) is 12.1 Å². The summed E-state index contributed by atoms with van der Waals surface area (Å²) in [5.74, 6) is 3.85. The number of nitrogens with two attached hydrogens (primary N) is 2. The molecule has 0 saturated heterocycles. The van der Waals surface area contributed by atoms with E-state index in [1.807, 2.05) is 5.43 Å². The number of nitrogens with zero attached hydrogens (tertiary/aromatic N) is 1. The molecule has 0 aliphatic rings. The molecule has 94 valence electrons. The van der Waals surface area contributed by atoms with Crippen LogP contribution in [0.5, 0.6) is 5.75 Å². The Balaban J connectivity index is 2.30. The van der Waals surface area contributed by atoms with E-state index in [9.17, 15) is 4.79 Å². The molecule has 0 unspecified atom stereocenters. The number of benzene rings is 1. The van der Waals surface area contributed by atoms with Crippen LogP contribution in [-0.2, 0) is 4.79 Å². The van der Waals surface area contributed by atoms with Crippen molar-refractivity contribution in [2.75, 3.05) is 0 Å². The molecule has 0 fully saturated rings. The topological polar surface area (TPSA) is 123 Å². The summed E-state index contributed by atoms with van der Waals surface area (Å²) in [7, 11) is 0. The van der Waals surface area contributed by atoms with Gasteiger partial charge in [0.2, 0.25) is 5.88 Å². The quantitative estimate of drug-likeness (QED) is 0.272. The number of hydrazine groups is 1. The minimum absolute atomic E-state index is 0.311. The molecule has 0 amide bonds. The molecule has 0 aliphatic heterocycles. The number of hydrogen-bond acceptors (Lipinski definition) is 7. The fraction of sp³-hybridized carbons (Fsp3) is 0. The molecule has 2 rings (SSSR count). The number of aliphatic carboxylic acids is 1. The molecule has 0 saturated carbocycles. The molecule has 0 radical (unpaired) electrons. The summed E-state index contributed by atoms with van der Waals surface area (Å²) in [5, 5.41) is 8.79. The normalized spacial score (nSPS) is 12.1. The van der Waals surface area contributed by atoms with Crippen molar-refractivity contribution >= 4 is 27.5 Å². The molecule has 18 heavy (non-hydrogen) atoms. The first-order valence-electron chi connectivity index (χ1n) is 4.82. The lowest BCUT2D eigenvalue weighted by Crippen LogP contribution is -2.31. The van der Waals surface area contributed by atoms with Gasteiger partial charge in [-0.25, -0.2) is 9.78 Å². The average molecular weight is 266 g/mol. The minimum atomic E-state index is -1.30. The highest BCUT2D eigenvalue weighted by Gasteiger charge is 2.13. The summed E-state index contributed by atoms with van der Waals surface area (Å²) in [5.41, 5.74) is 9.62. The van der Waals surface area contributed by atoms with Crippen LogP contribution in [0.25, 0.3) is 10.2 Å². The summed E-state index contributed by atoms with van der Waals surface area (Å²) in [4.78, 5) is 14.9. The van der Waals surface area contributed by atoms with Gasteiger partial charge in [-0.1, -0.05) is 0 Å². The Bertz CT molecular complexity index is 622. The Labute approximate surface area is 106 Å². The molecule has 7 nitrogen and oxygen atoms in total. The Hall–Kier alpha value is -2.32. The number of hydrogen-bond donors (Lipinski definition) is 4. The molecule has 1 aromatic carbocycles. The zero-order valence-electron chi connectivity index (χ0n) is 9.08. The fourth-order valence-electron chi connectivity index (χ4n) is 1.32. The first-order valence-corrected chi connectivity index (χ1v) is 5.70. The van der Waals surface area contributed by atoms with E-state index in [2.05, 4.69) is 4.98 Å². The maximum absolute atomic E-state index is 10.8. The lowest BCUT2D eigenvalue weighted by atomic mass is 10.3. The van der Waals surface area contributed by atoms with E-state index in [-0.39, 0.29) is 5.88 Å². The summed E-state index contributed by atoms with van der Waals surface area (Å²) < 4.78 is 6.13. The van der Waals surface area contributed by atoms with Crippen molar-refractivity contribution in [1.29, 1.82) is 0 Å². The largest absolute Gasteiger partial charge is 0.476 e. The predicted molar refractivity (Wildman–Crippen MR) is 66.4 cm³/mol. The third kappa shape index (κ3) is 2.34. The predicted octanol–water partition coefficient (Wildman–Crippen LogP) is 0.351. The summed E-state index contributed by atoms with van der Waals surface area (Å²) >= 11 is 1.44. The fourth-order valence-corrected chi connectivity index (χ4v) is 2.02. The Kier molecular flexibility index (Phi) is 3.31. The van der Waals surface area contributed by atoms with Crippen molar-refractivity contribution in [1.82, 2.24) is 10.4 Å². The molecule has 1 aromatic heterocycles. The highest BCUT2D eigenvalue weighted by Crippen LogP contribution is 2.24. The van der Waals surface area contributed by atoms with Gasteiger partial charge >= 0.3 is 5.97 Å². The molecule has 0 spiro atoms. The lowest BCUT2D eigenvalue weighted by Gasteiger charge is -2.08. The van der Waals surface area contributed by atoms with Crippen molar-refractivity contribution in [3.05, 3.63) is 35.3 Å². The number of carboxylic acids is 1. The van der Waals surface area contributed by atoms with E-state index in [4.69, 9.17) is 21.4 Å². The Morgan fingerprint density at radius 1 is 1.50 bits per heavy atom. The number of carboxylic acid groups (broad SMARTS) is 1. The van der Waals surface area contributed by atoms with Gasteiger partial charge in [0, 0.05) is 6.07 Å². The highest BCUT2D eigenvalue weighted by atomic mass is 32.1. The Morgan fingerprint density at radius 2 is 2.28 bits per heavy atom. The molecule has 1 heterocycles. The van der Waals surface area contributed by atoms with Gasteiger partial charge in [0.05, 0.1) is 15.7 Å². The zero-order valence-corrected chi connectivity index (χ0v) is 9.90. The van der Waals surface area contributed by atoms with Crippen molar-refractivity contribution in [3.63, 3.8) is 0 Å². The third-order valence-corrected chi connectivity index (χ3v) is 2.93. The van der Waals surface area contributed by atoms with E-state index < -0.39 is 11.7 Å². The number of aromatic nitrogens is 1. The summed E-state index contributed by atoms with van der Waals surface area (Å²) in [6, 6.07) is 5.12. The molecule has 0 bridgehead atoms. The van der Waals surface area contributed by atoms with Crippen molar-refractivity contribution in [3.8, 4) is 5.75 Å². The smallest absolute Gasteiger partial charge is 0.358 e. The molecule has 0 atom stereocenters. The molecule has 8 heteroatoms.